The number of carbonyl (C=O) groups excluding carboxylic acids is 1. The lowest BCUT2D eigenvalue weighted by molar-refractivity contribution is -0.140. The molecular weight excluding hydrogens is 538 g/mol. The average molecular weight is 562 g/mol. The molecule has 0 bridgehead atoms. The van der Waals surface area contributed by atoms with Crippen LogP contribution in [0.2, 0.25) is 0 Å². The van der Waals surface area contributed by atoms with Crippen LogP contribution in [0.5, 0.6) is 0 Å². The van der Waals surface area contributed by atoms with Crippen molar-refractivity contribution in [1.29, 1.82) is 0 Å². The number of pyridine rings is 1. The summed E-state index contributed by atoms with van der Waals surface area (Å²) >= 11 is 1.32. The van der Waals surface area contributed by atoms with E-state index in [1.165, 1.54) is 35.5 Å². The summed E-state index contributed by atoms with van der Waals surface area (Å²) in [5.41, 5.74) is -2.74. The van der Waals surface area contributed by atoms with Gasteiger partial charge in [-0.05, 0) is 30.0 Å². The number of hydrogen-bond donors (Lipinski definition) is 2. The molecule has 0 atom stereocenters. The van der Waals surface area contributed by atoms with E-state index < -0.39 is 40.4 Å². The first-order chi connectivity index (χ1) is 18.2. The second-order valence-corrected chi connectivity index (χ2v) is 10.3. The van der Waals surface area contributed by atoms with E-state index in [9.17, 15) is 27.2 Å². The van der Waals surface area contributed by atoms with Crippen molar-refractivity contribution in [2.75, 3.05) is 16.9 Å². The summed E-state index contributed by atoms with van der Waals surface area (Å²) in [4.78, 5) is 41.7. The maximum absolute atomic E-state index is 14.6. The van der Waals surface area contributed by atoms with Gasteiger partial charge in [0.15, 0.2) is 10.9 Å². The van der Waals surface area contributed by atoms with E-state index in [-0.39, 0.29) is 22.6 Å². The summed E-state index contributed by atoms with van der Waals surface area (Å²) in [5, 5.41) is 5.27. The van der Waals surface area contributed by atoms with Crippen molar-refractivity contribution in [2.24, 2.45) is 7.05 Å². The number of nitrogens with zero attached hydrogens (tertiary/aromatic N) is 5. The number of aryl methyl sites for hydroxylation is 1. The van der Waals surface area contributed by atoms with Crippen LogP contribution < -0.4 is 16.2 Å². The smallest absolute Gasteiger partial charge is 0.305 e. The Hall–Kier alpha value is -4.07. The summed E-state index contributed by atoms with van der Waals surface area (Å²) in [7, 11) is 1.53. The van der Waals surface area contributed by atoms with E-state index in [0.29, 0.717) is 16.2 Å². The molecule has 0 radical (unpaired) electrons. The van der Waals surface area contributed by atoms with Crippen molar-refractivity contribution in [1.82, 2.24) is 24.5 Å². The SMILES string of the molecule is CSc1ncc2cc(-c3ccc(F)c(NC(=O)Nc4cnc(C(C)(C)C)nc4C(F)(F)F)c3)c(=O)n(C)c2n1. The maximum atomic E-state index is 14.6. The fourth-order valence-corrected chi connectivity index (χ4v) is 3.99. The summed E-state index contributed by atoms with van der Waals surface area (Å²) in [6, 6.07) is 3.97. The van der Waals surface area contributed by atoms with Crippen LogP contribution >= 0.6 is 11.8 Å². The van der Waals surface area contributed by atoms with Crippen LogP contribution in [0.25, 0.3) is 22.2 Å². The minimum atomic E-state index is -4.88. The molecule has 3 heterocycles. The summed E-state index contributed by atoms with van der Waals surface area (Å²) in [5.74, 6) is -0.929. The molecule has 0 spiro atoms. The molecule has 4 aromatic rings. The number of urea groups is 1. The van der Waals surface area contributed by atoms with Gasteiger partial charge in [0.05, 0.1) is 17.6 Å². The van der Waals surface area contributed by atoms with E-state index in [1.54, 1.807) is 39.3 Å². The fourth-order valence-electron chi connectivity index (χ4n) is 3.65. The first kappa shape index (κ1) is 28.0. The molecule has 0 saturated heterocycles. The standard InChI is InChI=1S/C25H23F4N7O2S/c1-24(2,3)21-30-11-17(18(34-21)25(27,28)29)33-22(38)32-16-9-12(6-7-15(16)26)14-8-13-10-31-23(39-5)35-19(13)36(4)20(14)37/h6-11H,1-5H3,(H2,32,33,38). The monoisotopic (exact) mass is 561 g/mol. The summed E-state index contributed by atoms with van der Waals surface area (Å²) in [6.45, 7) is 4.94. The van der Waals surface area contributed by atoms with Gasteiger partial charge < -0.3 is 10.6 Å². The number of halogens is 4. The van der Waals surface area contributed by atoms with Gasteiger partial charge in [0.25, 0.3) is 5.56 Å². The van der Waals surface area contributed by atoms with E-state index in [4.69, 9.17) is 0 Å². The number of alkyl halides is 3. The molecule has 4 rings (SSSR count). The second kappa shape index (κ2) is 10.2. The molecule has 2 amide bonds. The first-order valence-electron chi connectivity index (χ1n) is 11.4. The Morgan fingerprint density at radius 2 is 1.69 bits per heavy atom. The van der Waals surface area contributed by atoms with Gasteiger partial charge in [0.1, 0.15) is 17.3 Å². The molecule has 0 aliphatic heterocycles. The van der Waals surface area contributed by atoms with E-state index >= 15 is 0 Å². The van der Waals surface area contributed by atoms with Crippen molar-refractivity contribution in [3.8, 4) is 11.1 Å². The van der Waals surface area contributed by atoms with Gasteiger partial charge in [-0.1, -0.05) is 38.6 Å². The van der Waals surface area contributed by atoms with Gasteiger partial charge in [-0.15, -0.1) is 0 Å². The minimum absolute atomic E-state index is 0.0634. The number of benzene rings is 1. The van der Waals surface area contributed by atoms with E-state index in [2.05, 4.69) is 25.3 Å². The van der Waals surface area contributed by atoms with Crippen LogP contribution in [0.15, 0.2) is 46.6 Å². The Bertz CT molecular complexity index is 1650. The highest BCUT2D eigenvalue weighted by atomic mass is 32.2. The Morgan fingerprint density at radius 1 is 1.00 bits per heavy atom. The number of anilines is 2. The van der Waals surface area contributed by atoms with Gasteiger partial charge in [-0.3, -0.25) is 9.36 Å². The number of carbonyl (C=O) groups is 1. The Kier molecular flexibility index (Phi) is 7.34. The third kappa shape index (κ3) is 5.85. The molecule has 2 N–H and O–H groups in total. The van der Waals surface area contributed by atoms with Crippen molar-refractivity contribution in [2.45, 2.75) is 37.5 Å². The number of fused-ring (bicyclic) bond motifs is 1. The van der Waals surface area contributed by atoms with Crippen molar-refractivity contribution in [3.05, 3.63) is 64.3 Å². The highest BCUT2D eigenvalue weighted by Gasteiger charge is 2.38. The van der Waals surface area contributed by atoms with Crippen LogP contribution in [-0.4, -0.2) is 36.8 Å². The molecule has 0 unspecified atom stereocenters. The van der Waals surface area contributed by atoms with Gasteiger partial charge >= 0.3 is 12.2 Å². The topological polar surface area (TPSA) is 115 Å². The predicted octanol–water partition coefficient (Wildman–Crippen LogP) is 5.61. The van der Waals surface area contributed by atoms with Crippen molar-refractivity contribution in [3.63, 3.8) is 0 Å². The lowest BCUT2D eigenvalue weighted by Gasteiger charge is -2.20. The number of rotatable bonds is 4. The number of amides is 2. The molecule has 204 valence electrons. The predicted molar refractivity (Wildman–Crippen MR) is 140 cm³/mol. The van der Waals surface area contributed by atoms with Crippen LogP contribution in [-0.2, 0) is 18.6 Å². The van der Waals surface area contributed by atoms with Crippen molar-refractivity contribution < 1.29 is 22.4 Å². The molecule has 0 aliphatic carbocycles. The third-order valence-electron chi connectivity index (χ3n) is 5.61. The molecule has 0 aliphatic rings. The third-order valence-corrected chi connectivity index (χ3v) is 6.17. The molecule has 3 aromatic heterocycles. The fraction of sp³-hybridized carbons (Fsp3) is 0.280. The lowest BCUT2D eigenvalue weighted by Crippen LogP contribution is -2.25. The van der Waals surface area contributed by atoms with Crippen LogP contribution in [0.1, 0.15) is 32.3 Å². The van der Waals surface area contributed by atoms with Crippen LogP contribution in [0, 0.1) is 5.82 Å². The largest absolute Gasteiger partial charge is 0.435 e. The second-order valence-electron chi connectivity index (χ2n) is 9.54. The Morgan fingerprint density at radius 3 is 2.33 bits per heavy atom. The quantitative estimate of drug-likeness (QED) is 0.189. The number of nitrogens with one attached hydrogen (secondary N) is 2. The molecular formula is C25H23F4N7O2S. The molecule has 39 heavy (non-hydrogen) atoms. The van der Waals surface area contributed by atoms with Crippen LogP contribution in [0.3, 0.4) is 0 Å². The molecule has 9 nitrogen and oxygen atoms in total. The van der Waals surface area contributed by atoms with Crippen LogP contribution in [0.4, 0.5) is 33.7 Å². The minimum Gasteiger partial charge on any atom is -0.305 e. The Balaban J connectivity index is 1.66. The zero-order valence-corrected chi connectivity index (χ0v) is 22.3. The average Bonchev–Trinajstić information content (AvgIpc) is 2.86. The van der Waals surface area contributed by atoms with Gasteiger partial charge in [-0.2, -0.15) is 13.2 Å². The highest BCUT2D eigenvalue weighted by molar-refractivity contribution is 7.98. The van der Waals surface area contributed by atoms with Gasteiger partial charge in [-0.25, -0.2) is 29.1 Å². The van der Waals surface area contributed by atoms with Crippen molar-refractivity contribution >= 4 is 40.2 Å². The van der Waals surface area contributed by atoms with E-state index in [1.807, 2.05) is 5.32 Å². The maximum Gasteiger partial charge on any atom is 0.435 e. The zero-order chi connectivity index (χ0) is 28.7. The van der Waals surface area contributed by atoms with E-state index in [0.717, 1.165) is 12.3 Å². The van der Waals surface area contributed by atoms with Gasteiger partial charge in [0.2, 0.25) is 0 Å². The number of hydrogen-bond acceptors (Lipinski definition) is 7. The molecule has 14 heteroatoms. The summed E-state index contributed by atoms with van der Waals surface area (Å²) in [6.07, 6.45) is -0.674. The normalized spacial score (nSPS) is 12.0. The first-order valence-corrected chi connectivity index (χ1v) is 12.6. The number of thioether (sulfide) groups is 1. The Labute approximate surface area is 224 Å². The van der Waals surface area contributed by atoms with Gasteiger partial charge in [0, 0.05) is 29.6 Å². The molecule has 0 fully saturated rings. The lowest BCUT2D eigenvalue weighted by atomic mass is 9.95. The number of aromatic nitrogens is 5. The molecule has 1 aromatic carbocycles. The molecule has 0 saturated carbocycles. The summed E-state index contributed by atoms with van der Waals surface area (Å²) < 4.78 is 56.9. The zero-order valence-electron chi connectivity index (χ0n) is 21.4. The highest BCUT2D eigenvalue weighted by Crippen LogP contribution is 2.34.